The molecule has 0 aliphatic heterocycles. The van der Waals surface area contributed by atoms with E-state index < -0.39 is 0 Å². The molecule has 18 heavy (non-hydrogen) atoms. The predicted molar refractivity (Wildman–Crippen MR) is 72.0 cm³/mol. The molecule has 0 aliphatic rings. The fourth-order valence-electron chi connectivity index (χ4n) is 1.78. The topological polar surface area (TPSA) is 25.2 Å². The normalized spacial score (nSPS) is 10.9. The van der Waals surface area contributed by atoms with Crippen molar-refractivity contribution in [1.82, 2.24) is 4.98 Å². The SMILES string of the molecule is CC(=Nc1c(C)cccc1C)c1ccccn1.[Ni]. The Kier molecular flexibility index (Phi) is 5.24. The van der Waals surface area contributed by atoms with Crippen molar-refractivity contribution in [1.29, 1.82) is 0 Å². The summed E-state index contributed by atoms with van der Waals surface area (Å²) >= 11 is 0. The van der Waals surface area contributed by atoms with E-state index in [0.29, 0.717) is 0 Å². The summed E-state index contributed by atoms with van der Waals surface area (Å²) in [4.78, 5) is 8.99. The molecular weight excluding hydrogens is 267 g/mol. The van der Waals surface area contributed by atoms with Crippen molar-refractivity contribution in [2.75, 3.05) is 0 Å². The number of rotatable bonds is 2. The molecule has 0 fully saturated rings. The molecular formula is C15H16N2Ni. The molecule has 3 heteroatoms. The summed E-state index contributed by atoms with van der Waals surface area (Å²) in [6.45, 7) is 6.16. The van der Waals surface area contributed by atoms with Gasteiger partial charge in [-0.25, -0.2) is 0 Å². The maximum Gasteiger partial charge on any atom is 0.0841 e. The summed E-state index contributed by atoms with van der Waals surface area (Å²) in [6.07, 6.45) is 1.79. The molecule has 0 N–H and O–H groups in total. The van der Waals surface area contributed by atoms with E-state index in [9.17, 15) is 0 Å². The quantitative estimate of drug-likeness (QED) is 0.607. The Labute approximate surface area is 118 Å². The fourth-order valence-corrected chi connectivity index (χ4v) is 1.78. The van der Waals surface area contributed by atoms with Crippen LogP contribution < -0.4 is 0 Å². The zero-order valence-electron chi connectivity index (χ0n) is 10.8. The van der Waals surface area contributed by atoms with Crippen molar-refractivity contribution in [3.05, 3.63) is 59.4 Å². The monoisotopic (exact) mass is 282 g/mol. The average Bonchev–Trinajstić information content (AvgIpc) is 2.35. The van der Waals surface area contributed by atoms with Crippen LogP contribution in [-0.4, -0.2) is 10.7 Å². The molecule has 1 aromatic heterocycles. The van der Waals surface area contributed by atoms with E-state index in [1.165, 1.54) is 11.1 Å². The standard InChI is InChI=1S/C15H16N2.Ni/c1-11-7-6-8-12(2)15(11)17-13(3)14-9-4-5-10-16-14;/h4-10H,1-3H3;. The van der Waals surface area contributed by atoms with Gasteiger partial charge in [-0.2, -0.15) is 0 Å². The van der Waals surface area contributed by atoms with Crippen molar-refractivity contribution in [2.24, 2.45) is 4.99 Å². The Bertz CT molecular complexity index is 527. The van der Waals surface area contributed by atoms with Gasteiger partial charge >= 0.3 is 0 Å². The number of hydrogen-bond acceptors (Lipinski definition) is 2. The number of benzene rings is 1. The van der Waals surface area contributed by atoms with Crippen LogP contribution in [0.3, 0.4) is 0 Å². The maximum atomic E-state index is 4.68. The van der Waals surface area contributed by atoms with E-state index in [1.54, 1.807) is 6.20 Å². The van der Waals surface area contributed by atoms with Gasteiger partial charge in [-0.3, -0.25) is 9.98 Å². The van der Waals surface area contributed by atoms with Crippen molar-refractivity contribution in [2.45, 2.75) is 20.8 Å². The molecule has 0 aliphatic carbocycles. The third kappa shape index (κ3) is 3.27. The molecule has 0 bridgehead atoms. The summed E-state index contributed by atoms with van der Waals surface area (Å²) < 4.78 is 0. The molecule has 96 valence electrons. The minimum atomic E-state index is 0. The first-order valence-corrected chi connectivity index (χ1v) is 5.71. The van der Waals surface area contributed by atoms with Gasteiger partial charge in [-0.05, 0) is 44.0 Å². The van der Waals surface area contributed by atoms with Crippen molar-refractivity contribution >= 4 is 11.4 Å². The zero-order chi connectivity index (χ0) is 12.3. The molecule has 2 rings (SSSR count). The number of aryl methyl sites for hydroxylation is 2. The van der Waals surface area contributed by atoms with Crippen LogP contribution >= 0.6 is 0 Å². The third-order valence-corrected chi connectivity index (χ3v) is 2.75. The molecule has 0 atom stereocenters. The van der Waals surface area contributed by atoms with Gasteiger partial charge in [0.15, 0.2) is 0 Å². The Morgan fingerprint density at radius 2 is 1.67 bits per heavy atom. The van der Waals surface area contributed by atoms with Gasteiger partial charge in [0.2, 0.25) is 0 Å². The Balaban J connectivity index is 0.00000162. The van der Waals surface area contributed by atoms with E-state index in [-0.39, 0.29) is 16.5 Å². The van der Waals surface area contributed by atoms with Gasteiger partial charge in [0.1, 0.15) is 0 Å². The Morgan fingerprint density at radius 1 is 1.00 bits per heavy atom. The summed E-state index contributed by atoms with van der Waals surface area (Å²) in [7, 11) is 0. The molecule has 2 aromatic rings. The first kappa shape index (κ1) is 14.6. The van der Waals surface area contributed by atoms with E-state index in [0.717, 1.165) is 17.1 Å². The molecule has 2 nitrogen and oxygen atoms in total. The van der Waals surface area contributed by atoms with Crippen LogP contribution in [0.5, 0.6) is 0 Å². The van der Waals surface area contributed by atoms with Crippen LogP contribution in [0.1, 0.15) is 23.7 Å². The van der Waals surface area contributed by atoms with Crippen LogP contribution in [-0.2, 0) is 16.5 Å². The van der Waals surface area contributed by atoms with Crippen molar-refractivity contribution in [3.63, 3.8) is 0 Å². The molecule has 1 heterocycles. The first-order chi connectivity index (χ1) is 8.18. The number of hydrogen-bond donors (Lipinski definition) is 0. The second-order valence-electron chi connectivity index (χ2n) is 4.15. The molecule has 0 amide bonds. The van der Waals surface area contributed by atoms with Crippen LogP contribution in [0.4, 0.5) is 5.69 Å². The van der Waals surface area contributed by atoms with Gasteiger partial charge in [-0.15, -0.1) is 0 Å². The van der Waals surface area contributed by atoms with Crippen molar-refractivity contribution < 1.29 is 16.5 Å². The number of aromatic nitrogens is 1. The Morgan fingerprint density at radius 3 is 2.22 bits per heavy atom. The summed E-state index contributed by atoms with van der Waals surface area (Å²) in [5, 5.41) is 0. The summed E-state index contributed by atoms with van der Waals surface area (Å²) in [5.74, 6) is 0. The van der Waals surface area contributed by atoms with E-state index in [4.69, 9.17) is 0 Å². The molecule has 0 saturated heterocycles. The van der Waals surface area contributed by atoms with Gasteiger partial charge in [-0.1, -0.05) is 24.3 Å². The largest absolute Gasteiger partial charge is 0.255 e. The van der Waals surface area contributed by atoms with Gasteiger partial charge < -0.3 is 0 Å². The minimum absolute atomic E-state index is 0. The van der Waals surface area contributed by atoms with Crippen LogP contribution in [0.2, 0.25) is 0 Å². The maximum absolute atomic E-state index is 4.68. The van der Waals surface area contributed by atoms with Crippen LogP contribution in [0, 0.1) is 13.8 Å². The average molecular weight is 283 g/mol. The summed E-state index contributed by atoms with van der Waals surface area (Å²) in [5.41, 5.74) is 5.31. The van der Waals surface area contributed by atoms with Gasteiger partial charge in [0.05, 0.1) is 17.1 Å². The van der Waals surface area contributed by atoms with Crippen molar-refractivity contribution in [3.8, 4) is 0 Å². The first-order valence-electron chi connectivity index (χ1n) is 5.71. The van der Waals surface area contributed by atoms with E-state index in [1.807, 2.05) is 25.1 Å². The van der Waals surface area contributed by atoms with Gasteiger partial charge in [0, 0.05) is 22.7 Å². The minimum Gasteiger partial charge on any atom is -0.255 e. The predicted octanol–water partition coefficient (Wildman–Crippen LogP) is 3.84. The van der Waals surface area contributed by atoms with Crippen LogP contribution in [0.25, 0.3) is 0 Å². The number of pyridine rings is 1. The molecule has 0 unspecified atom stereocenters. The van der Waals surface area contributed by atoms with E-state index >= 15 is 0 Å². The second kappa shape index (κ2) is 6.46. The van der Waals surface area contributed by atoms with E-state index in [2.05, 4.69) is 42.0 Å². The molecule has 1 aromatic carbocycles. The smallest absolute Gasteiger partial charge is 0.0841 e. The third-order valence-electron chi connectivity index (χ3n) is 2.75. The second-order valence-corrected chi connectivity index (χ2v) is 4.15. The summed E-state index contributed by atoms with van der Waals surface area (Å²) in [6, 6.07) is 12.1. The molecule has 0 radical (unpaired) electrons. The van der Waals surface area contributed by atoms with Gasteiger partial charge in [0.25, 0.3) is 0 Å². The number of para-hydroxylation sites is 1. The molecule has 0 saturated carbocycles. The molecule has 0 spiro atoms. The Hall–Kier alpha value is -1.47. The number of nitrogens with zero attached hydrogens (tertiary/aromatic N) is 2. The fraction of sp³-hybridized carbons (Fsp3) is 0.200. The number of aliphatic imine (C=N–C) groups is 1. The zero-order valence-corrected chi connectivity index (χ0v) is 11.7. The van der Waals surface area contributed by atoms with Crippen LogP contribution in [0.15, 0.2) is 47.6 Å².